The standard InChI is InChI=1S/C16H16Cl2N2S/c1-10-7-21-14(20-10)16-8-15(16,4-5-19-9-16)11-2-3-12(17)13(18)6-11/h2-3,6-7,19H,4-5,8-9H2,1H3/t15-,16-/m1/s1. The van der Waals surface area contributed by atoms with E-state index in [0.29, 0.717) is 10.0 Å². The third-order valence-corrected chi connectivity index (χ3v) is 6.95. The molecule has 21 heavy (non-hydrogen) atoms. The molecule has 1 saturated carbocycles. The van der Waals surface area contributed by atoms with E-state index in [0.717, 1.165) is 31.6 Å². The maximum Gasteiger partial charge on any atom is 0.101 e. The lowest BCUT2D eigenvalue weighted by Crippen LogP contribution is -2.41. The normalized spacial score (nSPS) is 31.0. The number of halogens is 2. The summed E-state index contributed by atoms with van der Waals surface area (Å²) in [4.78, 5) is 4.78. The number of benzene rings is 1. The summed E-state index contributed by atoms with van der Waals surface area (Å²) in [6.07, 6.45) is 2.28. The molecule has 1 saturated heterocycles. The molecule has 0 spiro atoms. The number of hydrogen-bond donors (Lipinski definition) is 1. The van der Waals surface area contributed by atoms with Gasteiger partial charge < -0.3 is 5.32 Å². The Morgan fingerprint density at radius 3 is 2.81 bits per heavy atom. The molecule has 4 rings (SSSR count). The van der Waals surface area contributed by atoms with Crippen molar-refractivity contribution in [1.29, 1.82) is 0 Å². The molecular weight excluding hydrogens is 323 g/mol. The Hall–Kier alpha value is -0.610. The number of nitrogens with one attached hydrogen (secondary N) is 1. The summed E-state index contributed by atoms with van der Waals surface area (Å²) >= 11 is 14.1. The summed E-state index contributed by atoms with van der Waals surface area (Å²) in [6.45, 7) is 4.11. The number of aryl methyl sites for hydroxylation is 1. The first-order chi connectivity index (χ1) is 10.1. The molecule has 5 heteroatoms. The molecule has 2 fully saturated rings. The van der Waals surface area contributed by atoms with Crippen molar-refractivity contribution in [3.63, 3.8) is 0 Å². The van der Waals surface area contributed by atoms with E-state index in [1.54, 1.807) is 11.3 Å². The van der Waals surface area contributed by atoms with E-state index in [-0.39, 0.29) is 10.8 Å². The zero-order chi connectivity index (χ0) is 14.7. The van der Waals surface area contributed by atoms with Crippen LogP contribution in [0.1, 0.15) is 29.1 Å². The quantitative estimate of drug-likeness (QED) is 0.881. The average Bonchev–Trinajstić information content (AvgIpc) is 3.01. The van der Waals surface area contributed by atoms with Crippen molar-refractivity contribution in [1.82, 2.24) is 10.3 Å². The summed E-state index contributed by atoms with van der Waals surface area (Å²) in [5.74, 6) is 0. The van der Waals surface area contributed by atoms with Gasteiger partial charge in [-0.1, -0.05) is 29.3 Å². The first-order valence-corrected chi connectivity index (χ1v) is 8.80. The molecule has 2 heterocycles. The van der Waals surface area contributed by atoms with Gasteiger partial charge in [-0.3, -0.25) is 0 Å². The Bertz CT molecular complexity index is 714. The first-order valence-electron chi connectivity index (χ1n) is 7.16. The molecule has 2 atom stereocenters. The molecular formula is C16H16Cl2N2S. The third kappa shape index (κ3) is 1.91. The zero-order valence-electron chi connectivity index (χ0n) is 11.7. The van der Waals surface area contributed by atoms with Crippen LogP contribution >= 0.6 is 34.5 Å². The molecule has 1 aliphatic heterocycles. The molecule has 2 nitrogen and oxygen atoms in total. The van der Waals surface area contributed by atoms with Gasteiger partial charge in [-0.05, 0) is 44.0 Å². The van der Waals surface area contributed by atoms with E-state index in [9.17, 15) is 0 Å². The molecule has 1 aliphatic carbocycles. The second-order valence-electron chi connectivity index (χ2n) is 6.19. The third-order valence-electron chi connectivity index (χ3n) is 5.05. The topological polar surface area (TPSA) is 24.9 Å². The van der Waals surface area contributed by atoms with Gasteiger partial charge in [0.05, 0.1) is 10.0 Å². The Morgan fingerprint density at radius 1 is 1.24 bits per heavy atom. The first kappa shape index (κ1) is 14.0. The number of rotatable bonds is 2. The van der Waals surface area contributed by atoms with Crippen LogP contribution in [0, 0.1) is 6.92 Å². The minimum absolute atomic E-state index is 0.140. The van der Waals surface area contributed by atoms with Crippen LogP contribution in [0.15, 0.2) is 23.6 Å². The largest absolute Gasteiger partial charge is 0.316 e. The molecule has 2 aromatic rings. The van der Waals surface area contributed by atoms with Gasteiger partial charge in [0.1, 0.15) is 5.01 Å². The second-order valence-corrected chi connectivity index (χ2v) is 7.86. The Labute approximate surface area is 138 Å². The minimum Gasteiger partial charge on any atom is -0.316 e. The van der Waals surface area contributed by atoms with Crippen LogP contribution in [-0.4, -0.2) is 18.1 Å². The van der Waals surface area contributed by atoms with Gasteiger partial charge >= 0.3 is 0 Å². The molecule has 1 aromatic heterocycles. The highest BCUT2D eigenvalue weighted by atomic mass is 35.5. The van der Waals surface area contributed by atoms with Crippen LogP contribution in [0.2, 0.25) is 10.0 Å². The number of fused-ring (bicyclic) bond motifs is 1. The number of hydrogen-bond acceptors (Lipinski definition) is 3. The molecule has 0 radical (unpaired) electrons. The van der Waals surface area contributed by atoms with Crippen LogP contribution < -0.4 is 5.32 Å². The zero-order valence-corrected chi connectivity index (χ0v) is 14.1. The lowest BCUT2D eigenvalue weighted by atomic mass is 9.81. The van der Waals surface area contributed by atoms with Gasteiger partial charge in [0.2, 0.25) is 0 Å². The highest BCUT2D eigenvalue weighted by Gasteiger charge is 2.70. The van der Waals surface area contributed by atoms with E-state index >= 15 is 0 Å². The van der Waals surface area contributed by atoms with Crippen molar-refractivity contribution in [2.24, 2.45) is 0 Å². The molecule has 110 valence electrons. The number of thiazole rings is 1. The fourth-order valence-corrected chi connectivity index (χ4v) is 5.28. The number of aromatic nitrogens is 1. The van der Waals surface area contributed by atoms with Gasteiger partial charge in [0.25, 0.3) is 0 Å². The van der Waals surface area contributed by atoms with E-state index < -0.39 is 0 Å². The van der Waals surface area contributed by atoms with Gasteiger partial charge in [-0.2, -0.15) is 0 Å². The lowest BCUT2D eigenvalue weighted by Gasteiger charge is -2.30. The average molecular weight is 339 g/mol. The van der Waals surface area contributed by atoms with Crippen molar-refractivity contribution in [2.75, 3.05) is 13.1 Å². The fraction of sp³-hybridized carbons (Fsp3) is 0.438. The fourth-order valence-electron chi connectivity index (χ4n) is 3.88. The maximum absolute atomic E-state index is 6.25. The van der Waals surface area contributed by atoms with Crippen LogP contribution in [0.3, 0.4) is 0 Å². The Morgan fingerprint density at radius 2 is 2.10 bits per heavy atom. The lowest BCUT2D eigenvalue weighted by molar-refractivity contribution is 0.400. The molecule has 2 aliphatic rings. The number of nitrogens with zero attached hydrogens (tertiary/aromatic N) is 1. The molecule has 0 amide bonds. The predicted molar refractivity (Wildman–Crippen MR) is 88.8 cm³/mol. The SMILES string of the molecule is Cc1csc([C@@]23CNCC[C@]2(c2ccc(Cl)c(Cl)c2)C3)n1. The van der Waals surface area contributed by atoms with Crippen LogP contribution in [0.5, 0.6) is 0 Å². The molecule has 1 N–H and O–H groups in total. The summed E-state index contributed by atoms with van der Waals surface area (Å²) in [6, 6.07) is 6.12. The van der Waals surface area contributed by atoms with Crippen LogP contribution in [0.25, 0.3) is 0 Å². The summed E-state index contributed by atoms with van der Waals surface area (Å²) in [5, 5.41) is 8.24. The van der Waals surface area contributed by atoms with Gasteiger partial charge in [-0.15, -0.1) is 11.3 Å². The van der Waals surface area contributed by atoms with E-state index in [1.165, 1.54) is 10.6 Å². The van der Waals surface area contributed by atoms with E-state index in [2.05, 4.69) is 29.8 Å². The summed E-state index contributed by atoms with van der Waals surface area (Å²) in [5.41, 5.74) is 2.74. The summed E-state index contributed by atoms with van der Waals surface area (Å²) < 4.78 is 0. The number of piperidine rings is 1. The second kappa shape index (κ2) is 4.69. The highest BCUT2D eigenvalue weighted by Crippen LogP contribution is 2.68. The van der Waals surface area contributed by atoms with Crippen molar-refractivity contribution < 1.29 is 0 Å². The van der Waals surface area contributed by atoms with Crippen molar-refractivity contribution in [3.05, 3.63) is 49.9 Å². The van der Waals surface area contributed by atoms with Crippen molar-refractivity contribution in [3.8, 4) is 0 Å². The Kier molecular flexibility index (Phi) is 3.13. The highest BCUT2D eigenvalue weighted by molar-refractivity contribution is 7.09. The maximum atomic E-state index is 6.25. The molecule has 1 aromatic carbocycles. The van der Waals surface area contributed by atoms with Crippen molar-refractivity contribution in [2.45, 2.75) is 30.6 Å². The summed E-state index contributed by atoms with van der Waals surface area (Å²) in [7, 11) is 0. The monoisotopic (exact) mass is 338 g/mol. The van der Waals surface area contributed by atoms with E-state index in [1.807, 2.05) is 6.07 Å². The van der Waals surface area contributed by atoms with E-state index in [4.69, 9.17) is 28.2 Å². The molecule has 0 unspecified atom stereocenters. The van der Waals surface area contributed by atoms with Gasteiger partial charge in [0, 0.05) is 28.4 Å². The minimum atomic E-state index is 0.140. The van der Waals surface area contributed by atoms with Gasteiger partial charge in [-0.25, -0.2) is 4.98 Å². The smallest absolute Gasteiger partial charge is 0.101 e. The predicted octanol–water partition coefficient (Wildman–Crippen LogP) is 4.33. The van der Waals surface area contributed by atoms with Crippen LogP contribution in [0.4, 0.5) is 0 Å². The van der Waals surface area contributed by atoms with Crippen LogP contribution in [-0.2, 0) is 10.8 Å². The molecule has 0 bridgehead atoms. The van der Waals surface area contributed by atoms with Crippen molar-refractivity contribution >= 4 is 34.5 Å². The van der Waals surface area contributed by atoms with Gasteiger partial charge in [0.15, 0.2) is 0 Å². The Balaban J connectivity index is 1.81.